The lowest BCUT2D eigenvalue weighted by molar-refractivity contribution is 0.663. The van der Waals surface area contributed by atoms with Crippen LogP contribution in [0, 0.1) is 13.8 Å². The minimum atomic E-state index is 0.882. The van der Waals surface area contributed by atoms with E-state index < -0.39 is 0 Å². The average molecular weight is 253 g/mol. The molecular formula is C13H23N3S. The zero-order valence-corrected chi connectivity index (χ0v) is 12.2. The number of thioether (sulfide) groups is 1. The number of rotatable bonds is 7. The zero-order valence-electron chi connectivity index (χ0n) is 11.3. The SMILES string of the molecule is CCCNCc1c(C)nc(CSCC)nc1C. The number of aromatic nitrogens is 2. The van der Waals surface area contributed by atoms with Crippen molar-refractivity contribution in [3.05, 3.63) is 22.8 Å². The van der Waals surface area contributed by atoms with Crippen LogP contribution in [-0.4, -0.2) is 22.3 Å². The molecular weight excluding hydrogens is 230 g/mol. The van der Waals surface area contributed by atoms with Gasteiger partial charge in [-0.25, -0.2) is 9.97 Å². The predicted molar refractivity (Wildman–Crippen MR) is 75.3 cm³/mol. The van der Waals surface area contributed by atoms with Gasteiger partial charge in [0.05, 0.1) is 5.75 Å². The number of nitrogens with one attached hydrogen (secondary N) is 1. The Morgan fingerprint density at radius 2 is 1.76 bits per heavy atom. The van der Waals surface area contributed by atoms with Gasteiger partial charge in [-0.1, -0.05) is 13.8 Å². The number of nitrogens with zero attached hydrogens (tertiary/aromatic N) is 2. The number of hydrogen-bond acceptors (Lipinski definition) is 4. The number of aryl methyl sites for hydroxylation is 2. The van der Waals surface area contributed by atoms with Crippen LogP contribution in [0.5, 0.6) is 0 Å². The van der Waals surface area contributed by atoms with E-state index in [0.29, 0.717) is 0 Å². The normalized spacial score (nSPS) is 10.8. The highest BCUT2D eigenvalue weighted by molar-refractivity contribution is 7.98. The minimum Gasteiger partial charge on any atom is -0.313 e. The Morgan fingerprint density at radius 3 is 2.29 bits per heavy atom. The Morgan fingerprint density at radius 1 is 1.12 bits per heavy atom. The van der Waals surface area contributed by atoms with Gasteiger partial charge in [-0.05, 0) is 32.6 Å². The van der Waals surface area contributed by atoms with Gasteiger partial charge in [-0.2, -0.15) is 11.8 Å². The standard InChI is InChI=1S/C13H23N3S/c1-5-7-14-8-12-10(3)15-13(9-17-6-2)16-11(12)4/h14H,5-9H2,1-4H3. The molecule has 0 spiro atoms. The van der Waals surface area contributed by atoms with Crippen molar-refractivity contribution in [2.75, 3.05) is 12.3 Å². The highest BCUT2D eigenvalue weighted by atomic mass is 32.2. The van der Waals surface area contributed by atoms with Gasteiger partial charge in [0.2, 0.25) is 0 Å². The van der Waals surface area contributed by atoms with E-state index in [1.165, 1.54) is 5.56 Å². The van der Waals surface area contributed by atoms with Crippen LogP contribution in [0.1, 0.15) is 43.0 Å². The van der Waals surface area contributed by atoms with E-state index in [-0.39, 0.29) is 0 Å². The fraction of sp³-hybridized carbons (Fsp3) is 0.692. The maximum absolute atomic E-state index is 4.58. The lowest BCUT2D eigenvalue weighted by Gasteiger charge is -2.11. The summed E-state index contributed by atoms with van der Waals surface area (Å²) in [6.45, 7) is 10.4. The molecule has 0 aliphatic rings. The van der Waals surface area contributed by atoms with Gasteiger partial charge in [0.25, 0.3) is 0 Å². The van der Waals surface area contributed by atoms with Crippen molar-refractivity contribution in [1.29, 1.82) is 0 Å². The Bertz CT molecular complexity index is 330. The van der Waals surface area contributed by atoms with Crippen LogP contribution in [0.25, 0.3) is 0 Å². The first kappa shape index (κ1) is 14.5. The van der Waals surface area contributed by atoms with Crippen LogP contribution in [0.3, 0.4) is 0 Å². The molecule has 0 saturated carbocycles. The molecule has 0 aliphatic heterocycles. The highest BCUT2D eigenvalue weighted by Crippen LogP contribution is 2.13. The molecule has 1 rings (SSSR count). The second-order valence-corrected chi connectivity index (χ2v) is 5.38. The highest BCUT2D eigenvalue weighted by Gasteiger charge is 2.07. The second-order valence-electron chi connectivity index (χ2n) is 4.10. The Kier molecular flexibility index (Phi) is 6.52. The molecule has 0 amide bonds. The van der Waals surface area contributed by atoms with Gasteiger partial charge in [-0.3, -0.25) is 0 Å². The summed E-state index contributed by atoms with van der Waals surface area (Å²) in [5, 5.41) is 3.41. The van der Waals surface area contributed by atoms with Crippen LogP contribution in [0.4, 0.5) is 0 Å². The third-order valence-corrected chi connectivity index (χ3v) is 3.50. The van der Waals surface area contributed by atoms with Gasteiger partial charge in [-0.15, -0.1) is 0 Å². The molecule has 1 heterocycles. The first-order valence-electron chi connectivity index (χ1n) is 6.30. The Hall–Kier alpha value is -0.610. The second kappa shape index (κ2) is 7.67. The third kappa shape index (κ3) is 4.64. The van der Waals surface area contributed by atoms with E-state index >= 15 is 0 Å². The van der Waals surface area contributed by atoms with Gasteiger partial charge in [0, 0.05) is 23.5 Å². The summed E-state index contributed by atoms with van der Waals surface area (Å²) in [6.07, 6.45) is 1.16. The van der Waals surface area contributed by atoms with E-state index in [1.54, 1.807) is 0 Å². The fourth-order valence-corrected chi connectivity index (χ4v) is 2.23. The van der Waals surface area contributed by atoms with Crippen LogP contribution in [-0.2, 0) is 12.3 Å². The maximum atomic E-state index is 4.58. The Labute approximate surface area is 109 Å². The van der Waals surface area contributed by atoms with Crippen LogP contribution in [0.15, 0.2) is 0 Å². The minimum absolute atomic E-state index is 0.882. The topological polar surface area (TPSA) is 37.8 Å². The molecule has 0 aliphatic carbocycles. The summed E-state index contributed by atoms with van der Waals surface area (Å²) in [5.41, 5.74) is 3.49. The van der Waals surface area contributed by atoms with Crippen molar-refractivity contribution < 1.29 is 0 Å². The lowest BCUT2D eigenvalue weighted by atomic mass is 10.1. The molecule has 1 aromatic rings. The summed E-state index contributed by atoms with van der Waals surface area (Å²) in [4.78, 5) is 9.16. The summed E-state index contributed by atoms with van der Waals surface area (Å²) in [7, 11) is 0. The molecule has 96 valence electrons. The summed E-state index contributed by atoms with van der Waals surface area (Å²) >= 11 is 1.87. The quantitative estimate of drug-likeness (QED) is 0.758. The molecule has 0 aromatic carbocycles. The van der Waals surface area contributed by atoms with Gasteiger partial charge in [0.1, 0.15) is 5.82 Å². The van der Waals surface area contributed by atoms with E-state index in [9.17, 15) is 0 Å². The third-order valence-electron chi connectivity index (χ3n) is 2.63. The van der Waals surface area contributed by atoms with Crippen LogP contribution < -0.4 is 5.32 Å². The van der Waals surface area contributed by atoms with Gasteiger partial charge >= 0.3 is 0 Å². The van der Waals surface area contributed by atoms with Crippen LogP contribution in [0.2, 0.25) is 0 Å². The molecule has 0 radical (unpaired) electrons. The van der Waals surface area contributed by atoms with Crippen molar-refractivity contribution in [3.8, 4) is 0 Å². The van der Waals surface area contributed by atoms with Crippen LogP contribution >= 0.6 is 11.8 Å². The zero-order chi connectivity index (χ0) is 12.7. The monoisotopic (exact) mass is 253 g/mol. The molecule has 0 bridgehead atoms. The largest absolute Gasteiger partial charge is 0.313 e. The predicted octanol–water partition coefficient (Wildman–Crippen LogP) is 2.85. The first-order chi connectivity index (χ1) is 8.19. The molecule has 17 heavy (non-hydrogen) atoms. The van der Waals surface area contributed by atoms with E-state index in [2.05, 4.69) is 43.0 Å². The van der Waals surface area contributed by atoms with E-state index in [4.69, 9.17) is 0 Å². The van der Waals surface area contributed by atoms with Crippen molar-refractivity contribution in [2.45, 2.75) is 46.4 Å². The maximum Gasteiger partial charge on any atom is 0.138 e. The van der Waals surface area contributed by atoms with Crippen molar-refractivity contribution >= 4 is 11.8 Å². The van der Waals surface area contributed by atoms with Crippen molar-refractivity contribution in [1.82, 2.24) is 15.3 Å². The molecule has 0 atom stereocenters. The summed E-state index contributed by atoms with van der Waals surface area (Å²) in [5.74, 6) is 2.99. The van der Waals surface area contributed by atoms with E-state index in [1.807, 2.05) is 11.8 Å². The lowest BCUT2D eigenvalue weighted by Crippen LogP contribution is -2.17. The Balaban J connectivity index is 2.72. The number of hydrogen-bond donors (Lipinski definition) is 1. The molecule has 3 nitrogen and oxygen atoms in total. The summed E-state index contributed by atoms with van der Waals surface area (Å²) < 4.78 is 0. The molecule has 4 heteroatoms. The molecule has 0 fully saturated rings. The molecule has 1 N–H and O–H groups in total. The molecule has 0 saturated heterocycles. The fourth-order valence-electron chi connectivity index (χ4n) is 1.71. The molecule has 1 aromatic heterocycles. The van der Waals surface area contributed by atoms with Gasteiger partial charge < -0.3 is 5.32 Å². The van der Waals surface area contributed by atoms with Crippen molar-refractivity contribution in [2.24, 2.45) is 0 Å². The molecule has 0 unspecified atom stereocenters. The van der Waals surface area contributed by atoms with E-state index in [0.717, 1.165) is 48.2 Å². The van der Waals surface area contributed by atoms with Gasteiger partial charge in [0.15, 0.2) is 0 Å². The smallest absolute Gasteiger partial charge is 0.138 e. The van der Waals surface area contributed by atoms with Crippen molar-refractivity contribution in [3.63, 3.8) is 0 Å². The first-order valence-corrected chi connectivity index (χ1v) is 7.45. The average Bonchev–Trinajstić information content (AvgIpc) is 2.30. The summed E-state index contributed by atoms with van der Waals surface area (Å²) in [6, 6.07) is 0.